The van der Waals surface area contributed by atoms with Crippen molar-refractivity contribution in [3.8, 4) is 0 Å². The van der Waals surface area contributed by atoms with E-state index in [0.717, 1.165) is 11.1 Å². The van der Waals surface area contributed by atoms with Gasteiger partial charge in [-0.25, -0.2) is 0 Å². The second-order valence-corrected chi connectivity index (χ2v) is 2.90. The van der Waals surface area contributed by atoms with E-state index in [-0.39, 0.29) is 5.91 Å². The number of hydrazine groups is 1. The Labute approximate surface area is 76.4 Å². The van der Waals surface area contributed by atoms with Gasteiger partial charge in [-0.15, -0.1) is 0 Å². The predicted octanol–water partition coefficient (Wildman–Crippen LogP) is 1.05. The molecule has 0 radical (unpaired) electrons. The number of carbonyl (C=O) groups is 1. The van der Waals surface area contributed by atoms with Gasteiger partial charge >= 0.3 is 0 Å². The van der Waals surface area contributed by atoms with Crippen LogP contribution in [0.4, 0.5) is 0 Å². The lowest BCUT2D eigenvalue weighted by Crippen LogP contribution is -2.37. The van der Waals surface area contributed by atoms with Crippen LogP contribution in [0.5, 0.6) is 0 Å². The molecule has 0 fully saturated rings. The highest BCUT2D eigenvalue weighted by molar-refractivity contribution is 5.90. The summed E-state index contributed by atoms with van der Waals surface area (Å²) >= 11 is 0. The number of carbonyl (C=O) groups excluding carboxylic acids is 1. The predicted molar refractivity (Wildman–Crippen MR) is 50.3 cm³/mol. The van der Waals surface area contributed by atoms with Gasteiger partial charge in [-0.1, -0.05) is 30.3 Å². The molecule has 2 rings (SSSR count). The summed E-state index contributed by atoms with van der Waals surface area (Å²) in [5.41, 5.74) is 7.34. The van der Waals surface area contributed by atoms with Gasteiger partial charge < -0.3 is 5.43 Å². The van der Waals surface area contributed by atoms with E-state index in [0.29, 0.717) is 6.42 Å². The van der Waals surface area contributed by atoms with Crippen molar-refractivity contribution in [2.75, 3.05) is 0 Å². The fourth-order valence-electron chi connectivity index (χ4n) is 1.31. The Bertz CT molecular complexity index is 343. The Kier molecular flexibility index (Phi) is 2.00. The van der Waals surface area contributed by atoms with Gasteiger partial charge in [-0.05, 0) is 11.1 Å². The molecule has 1 amide bonds. The molecule has 0 unspecified atom stereocenters. The van der Waals surface area contributed by atoms with Crippen LogP contribution in [0.3, 0.4) is 0 Å². The van der Waals surface area contributed by atoms with Crippen LogP contribution < -0.4 is 10.9 Å². The third kappa shape index (κ3) is 1.69. The molecule has 2 N–H and O–H groups in total. The first-order valence-corrected chi connectivity index (χ1v) is 4.15. The zero-order valence-electron chi connectivity index (χ0n) is 7.08. The fourth-order valence-corrected chi connectivity index (χ4v) is 1.31. The highest BCUT2D eigenvalue weighted by atomic mass is 16.2. The molecule has 0 saturated heterocycles. The third-order valence-corrected chi connectivity index (χ3v) is 1.95. The van der Waals surface area contributed by atoms with E-state index in [1.807, 2.05) is 36.5 Å². The minimum atomic E-state index is 0.00125. The Balaban J connectivity index is 2.27. The number of hydrogen-bond acceptors (Lipinski definition) is 2. The van der Waals surface area contributed by atoms with E-state index in [1.165, 1.54) is 0 Å². The molecule has 1 aliphatic heterocycles. The molecule has 0 aliphatic carbocycles. The summed E-state index contributed by atoms with van der Waals surface area (Å²) in [6.45, 7) is 0. The van der Waals surface area contributed by atoms with Crippen molar-refractivity contribution >= 4 is 11.5 Å². The van der Waals surface area contributed by atoms with Gasteiger partial charge in [0.1, 0.15) is 0 Å². The van der Waals surface area contributed by atoms with Crippen LogP contribution in [0.1, 0.15) is 12.0 Å². The fraction of sp³-hybridized carbons (Fsp3) is 0.100. The summed E-state index contributed by atoms with van der Waals surface area (Å²) in [4.78, 5) is 11.0. The molecule has 0 bridgehead atoms. The molecular formula is C10H10N2O. The molecule has 13 heavy (non-hydrogen) atoms. The molecule has 66 valence electrons. The summed E-state index contributed by atoms with van der Waals surface area (Å²) in [5.74, 6) is 0.00125. The number of rotatable bonds is 1. The summed E-state index contributed by atoms with van der Waals surface area (Å²) in [7, 11) is 0. The highest BCUT2D eigenvalue weighted by Gasteiger charge is 2.10. The molecule has 0 spiro atoms. The van der Waals surface area contributed by atoms with E-state index in [9.17, 15) is 4.79 Å². The van der Waals surface area contributed by atoms with Crippen LogP contribution in [0.25, 0.3) is 5.57 Å². The Morgan fingerprint density at radius 2 is 1.92 bits per heavy atom. The number of nitrogens with one attached hydrogen (secondary N) is 2. The average Bonchev–Trinajstić information content (AvgIpc) is 2.19. The molecule has 3 nitrogen and oxygen atoms in total. The lowest BCUT2D eigenvalue weighted by atomic mass is 10.0. The second-order valence-electron chi connectivity index (χ2n) is 2.90. The molecule has 0 atom stereocenters. The maximum absolute atomic E-state index is 11.0. The first kappa shape index (κ1) is 7.86. The lowest BCUT2D eigenvalue weighted by Gasteiger charge is -2.14. The molecule has 0 saturated carbocycles. The quantitative estimate of drug-likeness (QED) is 0.668. The summed E-state index contributed by atoms with van der Waals surface area (Å²) in [5, 5.41) is 0. The molecule has 1 aliphatic rings. The van der Waals surface area contributed by atoms with Crippen molar-refractivity contribution in [2.24, 2.45) is 0 Å². The summed E-state index contributed by atoms with van der Waals surface area (Å²) in [6.07, 6.45) is 2.26. The van der Waals surface area contributed by atoms with E-state index >= 15 is 0 Å². The standard InChI is InChI=1S/C10H10N2O/c13-10-6-9(7-11-12-10)8-4-2-1-3-5-8/h1-5,7,11H,6H2,(H,12,13). The van der Waals surface area contributed by atoms with Gasteiger partial charge in [0.25, 0.3) is 0 Å². The van der Waals surface area contributed by atoms with Gasteiger partial charge in [-0.3, -0.25) is 10.2 Å². The van der Waals surface area contributed by atoms with Gasteiger partial charge in [0.05, 0.1) is 6.42 Å². The Hall–Kier alpha value is -1.77. The van der Waals surface area contributed by atoms with Crippen molar-refractivity contribution < 1.29 is 4.79 Å². The zero-order chi connectivity index (χ0) is 9.10. The van der Waals surface area contributed by atoms with E-state index in [1.54, 1.807) is 0 Å². The van der Waals surface area contributed by atoms with Crippen molar-refractivity contribution in [3.63, 3.8) is 0 Å². The monoisotopic (exact) mass is 174 g/mol. The average molecular weight is 174 g/mol. The van der Waals surface area contributed by atoms with E-state index in [2.05, 4.69) is 10.9 Å². The highest BCUT2D eigenvalue weighted by Crippen LogP contribution is 2.17. The summed E-state index contributed by atoms with van der Waals surface area (Å²) in [6, 6.07) is 9.87. The van der Waals surface area contributed by atoms with Gasteiger partial charge in [-0.2, -0.15) is 0 Å². The van der Waals surface area contributed by atoms with Crippen LogP contribution in [0, 0.1) is 0 Å². The van der Waals surface area contributed by atoms with Crippen molar-refractivity contribution in [2.45, 2.75) is 6.42 Å². The van der Waals surface area contributed by atoms with E-state index < -0.39 is 0 Å². The van der Waals surface area contributed by atoms with Crippen molar-refractivity contribution in [1.29, 1.82) is 0 Å². The van der Waals surface area contributed by atoms with Gasteiger partial charge in [0.2, 0.25) is 5.91 Å². The number of amides is 1. The normalized spacial score (nSPS) is 15.7. The van der Waals surface area contributed by atoms with Crippen LogP contribution in [0.15, 0.2) is 36.5 Å². The minimum absolute atomic E-state index is 0.00125. The maximum atomic E-state index is 11.0. The molecule has 3 heteroatoms. The van der Waals surface area contributed by atoms with Crippen LogP contribution in [-0.4, -0.2) is 5.91 Å². The van der Waals surface area contributed by atoms with Gasteiger partial charge in [0, 0.05) is 6.20 Å². The SMILES string of the molecule is O=C1CC(c2ccccc2)=CNN1. The number of benzene rings is 1. The Morgan fingerprint density at radius 1 is 1.15 bits per heavy atom. The van der Waals surface area contributed by atoms with Crippen LogP contribution in [-0.2, 0) is 4.79 Å². The minimum Gasteiger partial charge on any atom is -0.306 e. The van der Waals surface area contributed by atoms with Crippen molar-refractivity contribution in [1.82, 2.24) is 10.9 Å². The number of hydrogen-bond donors (Lipinski definition) is 2. The third-order valence-electron chi connectivity index (χ3n) is 1.95. The second kappa shape index (κ2) is 3.31. The first-order valence-electron chi connectivity index (χ1n) is 4.15. The van der Waals surface area contributed by atoms with Crippen molar-refractivity contribution in [3.05, 3.63) is 42.1 Å². The topological polar surface area (TPSA) is 41.1 Å². The largest absolute Gasteiger partial charge is 0.306 e. The smallest absolute Gasteiger partial charge is 0.242 e. The molecule has 1 heterocycles. The molecular weight excluding hydrogens is 164 g/mol. The molecule has 1 aromatic rings. The van der Waals surface area contributed by atoms with Gasteiger partial charge in [0.15, 0.2) is 0 Å². The van der Waals surface area contributed by atoms with E-state index in [4.69, 9.17) is 0 Å². The molecule has 0 aromatic heterocycles. The maximum Gasteiger partial charge on any atom is 0.242 e. The Morgan fingerprint density at radius 3 is 2.62 bits per heavy atom. The summed E-state index contributed by atoms with van der Waals surface area (Å²) < 4.78 is 0. The zero-order valence-corrected chi connectivity index (χ0v) is 7.08. The first-order chi connectivity index (χ1) is 6.36. The van der Waals surface area contributed by atoms with Crippen LogP contribution >= 0.6 is 0 Å². The molecule has 1 aromatic carbocycles. The lowest BCUT2D eigenvalue weighted by molar-refractivity contribution is -0.121. The van der Waals surface area contributed by atoms with Crippen LogP contribution in [0.2, 0.25) is 0 Å².